The number of rotatable bonds is 5. The van der Waals surface area contributed by atoms with Crippen LogP contribution in [0.4, 0.5) is 0 Å². The van der Waals surface area contributed by atoms with Crippen LogP contribution in [0.25, 0.3) is 0 Å². The van der Waals surface area contributed by atoms with Gasteiger partial charge in [-0.25, -0.2) is 8.42 Å². The molecule has 0 bridgehead atoms. The molecule has 2 aromatic carbocycles. The summed E-state index contributed by atoms with van der Waals surface area (Å²) < 4.78 is 27.6. The van der Waals surface area contributed by atoms with Crippen LogP contribution in [0.15, 0.2) is 41.3 Å². The van der Waals surface area contributed by atoms with Gasteiger partial charge < -0.3 is 10.2 Å². The van der Waals surface area contributed by atoms with Crippen LogP contribution in [0.3, 0.4) is 0 Å². The summed E-state index contributed by atoms with van der Waals surface area (Å²) in [6, 6.07) is 10.2. The maximum atomic E-state index is 13.1. The Bertz CT molecular complexity index is 1050. The highest BCUT2D eigenvalue weighted by Crippen LogP contribution is 2.27. The molecular weight excluding hydrogens is 422 g/mol. The van der Waals surface area contributed by atoms with Gasteiger partial charge >= 0.3 is 0 Å². The Kier molecular flexibility index (Phi) is 6.87. The van der Waals surface area contributed by atoms with E-state index in [0.717, 1.165) is 11.1 Å². The van der Waals surface area contributed by atoms with E-state index in [1.54, 1.807) is 6.07 Å². The number of sulfonamides is 1. The van der Waals surface area contributed by atoms with Crippen LogP contribution in [0.5, 0.6) is 0 Å². The number of carbonyl (C=O) groups excluding carboxylic acids is 1. The zero-order chi connectivity index (χ0) is 22.1. The van der Waals surface area contributed by atoms with Crippen LogP contribution < -0.4 is 5.32 Å². The molecule has 1 atom stereocenters. The lowest BCUT2D eigenvalue weighted by molar-refractivity contribution is 0.0939. The SMILES string of the molecule is Cc1ccc([C@H](C)NC(=O)c2ccc(Cl)c(S(=O)(=O)N3CCN(C)CC3)c2)cc1C. The molecular formula is C22H28ClN3O3S. The molecule has 1 fully saturated rings. The third-order valence-corrected chi connectivity index (χ3v) is 8.03. The third kappa shape index (κ3) is 4.86. The first-order chi connectivity index (χ1) is 14.1. The molecule has 1 saturated heterocycles. The minimum absolute atomic E-state index is 0.0276. The van der Waals surface area contributed by atoms with Gasteiger partial charge in [0.15, 0.2) is 0 Å². The highest BCUT2D eigenvalue weighted by molar-refractivity contribution is 7.89. The number of nitrogens with one attached hydrogen (secondary N) is 1. The number of hydrogen-bond donors (Lipinski definition) is 1. The average molecular weight is 450 g/mol. The Morgan fingerprint density at radius 2 is 1.70 bits per heavy atom. The Morgan fingerprint density at radius 3 is 2.33 bits per heavy atom. The van der Waals surface area contributed by atoms with Gasteiger partial charge in [0.2, 0.25) is 10.0 Å². The zero-order valence-corrected chi connectivity index (χ0v) is 19.3. The van der Waals surface area contributed by atoms with Crippen LogP contribution in [-0.4, -0.2) is 56.8 Å². The number of piperazine rings is 1. The van der Waals surface area contributed by atoms with Crippen LogP contribution in [0.2, 0.25) is 5.02 Å². The molecule has 8 heteroatoms. The topological polar surface area (TPSA) is 69.7 Å². The lowest BCUT2D eigenvalue weighted by Gasteiger charge is -2.31. The number of hydrogen-bond acceptors (Lipinski definition) is 4. The minimum atomic E-state index is -3.77. The van der Waals surface area contributed by atoms with E-state index in [4.69, 9.17) is 11.6 Å². The highest BCUT2D eigenvalue weighted by atomic mass is 35.5. The van der Waals surface area contributed by atoms with Crippen molar-refractivity contribution >= 4 is 27.5 Å². The van der Waals surface area contributed by atoms with Gasteiger partial charge in [-0.3, -0.25) is 4.79 Å². The van der Waals surface area contributed by atoms with Crippen LogP contribution >= 0.6 is 11.6 Å². The summed E-state index contributed by atoms with van der Waals surface area (Å²) in [5, 5.41) is 3.06. The fourth-order valence-electron chi connectivity index (χ4n) is 3.41. The van der Waals surface area contributed by atoms with Crippen molar-refractivity contribution in [3.63, 3.8) is 0 Å². The molecule has 0 saturated carbocycles. The largest absolute Gasteiger partial charge is 0.346 e. The fraction of sp³-hybridized carbons (Fsp3) is 0.409. The summed E-state index contributed by atoms with van der Waals surface area (Å²) in [5.41, 5.74) is 3.60. The van der Waals surface area contributed by atoms with Gasteiger partial charge in [0, 0.05) is 31.7 Å². The van der Waals surface area contributed by atoms with E-state index in [1.165, 1.54) is 22.0 Å². The van der Waals surface area contributed by atoms with E-state index >= 15 is 0 Å². The van der Waals surface area contributed by atoms with E-state index in [-0.39, 0.29) is 27.4 Å². The van der Waals surface area contributed by atoms with Gasteiger partial charge in [-0.2, -0.15) is 4.31 Å². The van der Waals surface area contributed by atoms with Crippen molar-refractivity contribution in [3.05, 3.63) is 63.7 Å². The van der Waals surface area contributed by atoms with Gasteiger partial charge in [0.05, 0.1) is 11.1 Å². The van der Waals surface area contributed by atoms with Crippen LogP contribution in [0, 0.1) is 13.8 Å². The molecule has 1 aliphatic heterocycles. The highest BCUT2D eigenvalue weighted by Gasteiger charge is 2.30. The molecule has 1 amide bonds. The van der Waals surface area contributed by atoms with Gasteiger partial charge in [-0.05, 0) is 62.7 Å². The first kappa shape index (κ1) is 22.7. The number of benzene rings is 2. The van der Waals surface area contributed by atoms with E-state index in [2.05, 4.69) is 10.2 Å². The molecule has 0 aliphatic carbocycles. The summed E-state index contributed by atoms with van der Waals surface area (Å²) in [6.45, 7) is 8.08. The maximum absolute atomic E-state index is 13.1. The number of aryl methyl sites for hydroxylation is 2. The summed E-state index contributed by atoms with van der Waals surface area (Å²) in [4.78, 5) is 14.9. The quantitative estimate of drug-likeness (QED) is 0.759. The van der Waals surface area contributed by atoms with Crippen molar-refractivity contribution in [1.29, 1.82) is 0 Å². The van der Waals surface area contributed by atoms with Crippen molar-refractivity contribution in [3.8, 4) is 0 Å². The summed E-state index contributed by atoms with van der Waals surface area (Å²) in [6.07, 6.45) is 0. The van der Waals surface area contributed by atoms with E-state index in [9.17, 15) is 13.2 Å². The number of amides is 1. The summed E-state index contributed by atoms with van der Waals surface area (Å²) in [7, 11) is -1.81. The van der Waals surface area contributed by atoms with Gasteiger partial charge in [-0.1, -0.05) is 29.8 Å². The van der Waals surface area contributed by atoms with Crippen molar-refractivity contribution in [2.24, 2.45) is 0 Å². The van der Waals surface area contributed by atoms with Crippen LogP contribution in [0.1, 0.15) is 40.0 Å². The van der Waals surface area contributed by atoms with Gasteiger partial charge in [0.25, 0.3) is 5.91 Å². The van der Waals surface area contributed by atoms with E-state index < -0.39 is 10.0 Å². The molecule has 162 valence electrons. The second-order valence-corrected chi connectivity index (χ2v) is 10.2. The normalized spacial score (nSPS) is 17.0. The fourth-order valence-corrected chi connectivity index (χ4v) is 5.33. The molecule has 0 aromatic heterocycles. The van der Waals surface area contributed by atoms with Crippen molar-refractivity contribution in [2.45, 2.75) is 31.7 Å². The molecule has 0 radical (unpaired) electrons. The van der Waals surface area contributed by atoms with Crippen molar-refractivity contribution in [1.82, 2.24) is 14.5 Å². The third-order valence-electron chi connectivity index (χ3n) is 5.65. The zero-order valence-electron chi connectivity index (χ0n) is 17.8. The Labute approximate surface area is 183 Å². The predicted octanol–water partition coefficient (Wildman–Crippen LogP) is 3.38. The number of halogens is 1. The summed E-state index contributed by atoms with van der Waals surface area (Å²) in [5.74, 6) is -0.341. The Morgan fingerprint density at radius 1 is 1.03 bits per heavy atom. The predicted molar refractivity (Wildman–Crippen MR) is 120 cm³/mol. The molecule has 2 aromatic rings. The smallest absolute Gasteiger partial charge is 0.251 e. The second-order valence-electron chi connectivity index (χ2n) is 7.89. The first-order valence-electron chi connectivity index (χ1n) is 9.96. The molecule has 1 heterocycles. The van der Waals surface area contributed by atoms with Crippen molar-refractivity contribution < 1.29 is 13.2 Å². The number of likely N-dealkylation sites (N-methyl/N-ethyl adjacent to an activating group) is 1. The van der Waals surface area contributed by atoms with Gasteiger partial charge in [0.1, 0.15) is 4.90 Å². The Hall–Kier alpha value is -1.93. The molecule has 3 rings (SSSR count). The van der Waals surface area contributed by atoms with E-state index in [0.29, 0.717) is 26.2 Å². The molecule has 1 aliphatic rings. The van der Waals surface area contributed by atoms with Gasteiger partial charge in [-0.15, -0.1) is 0 Å². The monoisotopic (exact) mass is 449 g/mol. The first-order valence-corrected chi connectivity index (χ1v) is 11.8. The minimum Gasteiger partial charge on any atom is -0.346 e. The number of carbonyl (C=O) groups is 1. The van der Waals surface area contributed by atoms with Crippen LogP contribution in [-0.2, 0) is 10.0 Å². The van der Waals surface area contributed by atoms with E-state index in [1.807, 2.05) is 46.0 Å². The standard InChI is InChI=1S/C22H28ClN3O3S/c1-15-5-6-18(13-16(15)2)17(3)24-22(27)19-7-8-20(23)21(14-19)30(28,29)26-11-9-25(4)10-12-26/h5-8,13-14,17H,9-12H2,1-4H3,(H,24,27)/t17-/m0/s1. The maximum Gasteiger partial charge on any atom is 0.251 e. The Balaban J connectivity index is 1.81. The lowest BCUT2D eigenvalue weighted by atomic mass is 10.0. The molecule has 0 unspecified atom stereocenters. The average Bonchev–Trinajstić information content (AvgIpc) is 2.70. The lowest BCUT2D eigenvalue weighted by Crippen LogP contribution is -2.47. The van der Waals surface area contributed by atoms with Crippen molar-refractivity contribution in [2.75, 3.05) is 33.2 Å². The molecule has 6 nitrogen and oxygen atoms in total. The molecule has 30 heavy (non-hydrogen) atoms. The number of nitrogens with zero attached hydrogens (tertiary/aromatic N) is 2. The molecule has 1 N–H and O–H groups in total. The summed E-state index contributed by atoms with van der Waals surface area (Å²) >= 11 is 6.22. The molecule has 0 spiro atoms. The second kappa shape index (κ2) is 9.06.